The molecule has 382 valence electrons. The Labute approximate surface area is 467 Å². The lowest BCUT2D eigenvalue weighted by molar-refractivity contribution is 1.18. The molecule has 14 aromatic rings. The van der Waals surface area contributed by atoms with E-state index < -0.39 is 0 Å². The smallest absolute Gasteiger partial charge is 0.0541 e. The number of nitrogens with zero attached hydrogens (tertiary/aromatic N) is 4. The Balaban J connectivity index is 1.08. The third-order valence-corrected chi connectivity index (χ3v) is 15.9. The number of aromatic nitrogens is 2. The van der Waals surface area contributed by atoms with Crippen LogP contribution >= 0.6 is 0 Å². The maximum Gasteiger partial charge on any atom is 0.0541 e. The first-order valence-electron chi connectivity index (χ1n) is 27.6. The number of rotatable bonds is 11. The van der Waals surface area contributed by atoms with Crippen LogP contribution in [0.3, 0.4) is 0 Å². The van der Waals surface area contributed by atoms with Gasteiger partial charge >= 0.3 is 0 Å². The van der Waals surface area contributed by atoms with E-state index in [9.17, 15) is 0 Å². The van der Waals surface area contributed by atoms with Crippen molar-refractivity contribution in [1.82, 2.24) is 9.13 Å². The van der Waals surface area contributed by atoms with E-state index in [-0.39, 0.29) is 0 Å². The van der Waals surface area contributed by atoms with Gasteiger partial charge in [0.15, 0.2) is 0 Å². The van der Waals surface area contributed by atoms with Gasteiger partial charge in [-0.1, -0.05) is 174 Å². The van der Waals surface area contributed by atoms with E-state index in [0.29, 0.717) is 0 Å². The molecule has 0 N–H and O–H groups in total. The van der Waals surface area contributed by atoms with Crippen molar-refractivity contribution in [2.75, 3.05) is 9.80 Å². The molecular weight excluding hydrogens is 969 g/mol. The van der Waals surface area contributed by atoms with Gasteiger partial charge in [-0.25, -0.2) is 0 Å². The Kier molecular flexibility index (Phi) is 12.1. The first-order chi connectivity index (χ1) is 39.3. The summed E-state index contributed by atoms with van der Waals surface area (Å²) in [5, 5.41) is 4.85. The number of para-hydroxylation sites is 4. The van der Waals surface area contributed by atoms with Gasteiger partial charge in [0, 0.05) is 67.0 Å². The fourth-order valence-electron chi connectivity index (χ4n) is 12.0. The molecule has 0 saturated heterocycles. The maximum atomic E-state index is 2.44. The van der Waals surface area contributed by atoms with Crippen molar-refractivity contribution >= 4 is 77.7 Å². The van der Waals surface area contributed by atoms with Crippen molar-refractivity contribution in [3.8, 4) is 44.8 Å². The van der Waals surface area contributed by atoms with Crippen molar-refractivity contribution in [3.05, 3.63) is 301 Å². The number of anilines is 6. The molecular formula is C76H58N4. The molecule has 0 aliphatic rings. The topological polar surface area (TPSA) is 16.3 Å². The van der Waals surface area contributed by atoms with Crippen LogP contribution in [0.2, 0.25) is 0 Å². The first kappa shape index (κ1) is 48.2. The van der Waals surface area contributed by atoms with E-state index in [2.05, 4.69) is 326 Å². The Hall–Kier alpha value is -10.2. The summed E-state index contributed by atoms with van der Waals surface area (Å²) in [6.45, 7) is 8.63. The Morgan fingerprint density at radius 2 is 0.588 bits per heavy atom. The summed E-state index contributed by atoms with van der Waals surface area (Å²) in [6.07, 6.45) is 0. The van der Waals surface area contributed by atoms with E-state index in [1.54, 1.807) is 0 Å². The summed E-state index contributed by atoms with van der Waals surface area (Å²) >= 11 is 0. The van der Waals surface area contributed by atoms with Crippen molar-refractivity contribution in [2.45, 2.75) is 27.7 Å². The third kappa shape index (κ3) is 8.59. The molecule has 80 heavy (non-hydrogen) atoms. The normalized spacial score (nSPS) is 11.5. The molecule has 0 radical (unpaired) electrons. The Morgan fingerprint density at radius 3 is 1.01 bits per heavy atom. The van der Waals surface area contributed by atoms with E-state index >= 15 is 0 Å². The number of aryl methyl sites for hydroxylation is 4. The summed E-state index contributed by atoms with van der Waals surface area (Å²) in [4.78, 5) is 4.83. The molecule has 4 nitrogen and oxygen atoms in total. The van der Waals surface area contributed by atoms with E-state index in [0.717, 1.165) is 78.9 Å². The molecule has 2 aromatic heterocycles. The highest BCUT2D eigenvalue weighted by Crippen LogP contribution is 2.49. The molecule has 14 rings (SSSR count). The lowest BCUT2D eigenvalue weighted by Gasteiger charge is -2.31. The highest BCUT2D eigenvalue weighted by atomic mass is 15.2. The van der Waals surface area contributed by atoms with E-state index in [1.807, 2.05) is 0 Å². The number of hydrogen-bond donors (Lipinski definition) is 0. The van der Waals surface area contributed by atoms with Crippen molar-refractivity contribution in [1.29, 1.82) is 0 Å². The van der Waals surface area contributed by atoms with Gasteiger partial charge in [0.1, 0.15) is 0 Å². The van der Waals surface area contributed by atoms with Gasteiger partial charge in [-0.15, -0.1) is 0 Å². The van der Waals surface area contributed by atoms with Crippen LogP contribution in [0.15, 0.2) is 279 Å². The van der Waals surface area contributed by atoms with Crippen molar-refractivity contribution in [2.24, 2.45) is 0 Å². The van der Waals surface area contributed by atoms with Crippen molar-refractivity contribution in [3.63, 3.8) is 0 Å². The fourth-order valence-corrected chi connectivity index (χ4v) is 12.0. The molecule has 0 amide bonds. The van der Waals surface area contributed by atoms with Crippen LogP contribution in [0.4, 0.5) is 34.1 Å². The molecule has 0 spiro atoms. The Bertz CT molecular complexity index is 4380. The zero-order chi connectivity index (χ0) is 53.8. The predicted molar refractivity (Wildman–Crippen MR) is 340 cm³/mol. The highest BCUT2D eigenvalue weighted by Gasteiger charge is 2.24. The largest absolute Gasteiger partial charge is 0.310 e. The average molecular weight is 1030 g/mol. The predicted octanol–water partition coefficient (Wildman–Crippen LogP) is 21.1. The summed E-state index contributed by atoms with van der Waals surface area (Å²) < 4.78 is 4.81. The van der Waals surface area contributed by atoms with Crippen LogP contribution in [0.1, 0.15) is 22.3 Å². The molecule has 0 aliphatic heterocycles. The van der Waals surface area contributed by atoms with Crippen LogP contribution in [-0.4, -0.2) is 9.13 Å². The highest BCUT2D eigenvalue weighted by molar-refractivity contribution is 6.13. The summed E-state index contributed by atoms with van der Waals surface area (Å²) in [6, 6.07) is 103. The molecule has 0 aliphatic carbocycles. The second kappa shape index (κ2) is 20.0. The van der Waals surface area contributed by atoms with Crippen LogP contribution < -0.4 is 9.80 Å². The molecule has 0 fully saturated rings. The minimum absolute atomic E-state index is 1.04. The monoisotopic (exact) mass is 1030 g/mol. The molecule has 12 aromatic carbocycles. The van der Waals surface area contributed by atoms with Crippen LogP contribution in [0.5, 0.6) is 0 Å². The number of benzene rings is 12. The SMILES string of the molecule is Cc1ccc(N(c2ccc(C)cc2)c2cc(-c3cccc(-c4ccc5c(c4)c4ccccc4n5-c4ccccc4)c3-c3ccc4c(c3)c3ccccc3n4-c3ccccc3)cc(N(c3ccc(C)cc3)c3ccc(C)cc3)c2)cc1. The van der Waals surface area contributed by atoms with Gasteiger partial charge < -0.3 is 18.9 Å². The second-order valence-corrected chi connectivity index (χ2v) is 21.3. The molecule has 2 heterocycles. The van der Waals surface area contributed by atoms with Crippen LogP contribution in [0, 0.1) is 27.7 Å². The van der Waals surface area contributed by atoms with Crippen molar-refractivity contribution < 1.29 is 0 Å². The van der Waals surface area contributed by atoms with Crippen LogP contribution in [-0.2, 0) is 0 Å². The first-order valence-corrected chi connectivity index (χ1v) is 27.6. The van der Waals surface area contributed by atoms with Gasteiger partial charge in [0.05, 0.1) is 22.1 Å². The second-order valence-electron chi connectivity index (χ2n) is 21.3. The maximum absolute atomic E-state index is 2.44. The minimum Gasteiger partial charge on any atom is -0.310 e. The molecule has 0 unspecified atom stereocenters. The van der Waals surface area contributed by atoms with E-state index in [1.165, 1.54) is 65.9 Å². The lowest BCUT2D eigenvalue weighted by Crippen LogP contribution is -2.14. The molecule has 0 bridgehead atoms. The summed E-state index contributed by atoms with van der Waals surface area (Å²) in [5.74, 6) is 0. The molecule has 0 atom stereocenters. The minimum atomic E-state index is 1.04. The van der Waals surface area contributed by atoms with Gasteiger partial charge in [-0.2, -0.15) is 0 Å². The Morgan fingerprint density at radius 1 is 0.237 bits per heavy atom. The number of hydrogen-bond acceptors (Lipinski definition) is 2. The summed E-state index contributed by atoms with van der Waals surface area (Å²) in [7, 11) is 0. The van der Waals surface area contributed by atoms with E-state index in [4.69, 9.17) is 0 Å². The zero-order valence-electron chi connectivity index (χ0n) is 45.3. The fraction of sp³-hybridized carbons (Fsp3) is 0.0526. The van der Waals surface area contributed by atoms with Gasteiger partial charge in [0.2, 0.25) is 0 Å². The standard InChI is InChI=1S/C76H58N4/c1-51-26-36-60(37-27-51)77(61-38-28-52(2)29-39-61)64-46-57(47-65(50-64)78(62-40-30-53(3)31-41-62)63-42-32-54(4)33-43-63)67-23-15-22-66(55-34-44-74-70(48-55)68-20-11-13-24-72(68)79(74)58-16-7-5-8-17-58)76(67)56-35-45-75-71(49-56)69-21-12-14-25-73(69)80(75)59-18-9-6-10-19-59/h5-50H,1-4H3. The van der Waals surface area contributed by atoms with Gasteiger partial charge in [-0.3, -0.25) is 0 Å². The quantitative estimate of drug-likeness (QED) is 0.128. The zero-order valence-corrected chi connectivity index (χ0v) is 45.3. The molecule has 4 heteroatoms. The third-order valence-electron chi connectivity index (χ3n) is 15.9. The lowest BCUT2D eigenvalue weighted by atomic mass is 9.86. The molecule has 0 saturated carbocycles. The summed E-state index contributed by atoms with van der Waals surface area (Å²) in [5.41, 5.74) is 25.1. The average Bonchev–Trinajstić information content (AvgIpc) is 4.14. The van der Waals surface area contributed by atoms with Gasteiger partial charge in [-0.05, 0) is 188 Å². The number of fused-ring (bicyclic) bond motifs is 6. The van der Waals surface area contributed by atoms with Crippen LogP contribution in [0.25, 0.3) is 88.4 Å². The van der Waals surface area contributed by atoms with Gasteiger partial charge in [0.25, 0.3) is 0 Å².